The van der Waals surface area contributed by atoms with Crippen LogP contribution in [-0.4, -0.2) is 18.0 Å². The number of rotatable bonds is 4. The summed E-state index contributed by atoms with van der Waals surface area (Å²) in [5.41, 5.74) is -0.773. The minimum atomic E-state index is -0.861. The molecule has 1 fully saturated rings. The summed E-state index contributed by atoms with van der Waals surface area (Å²) in [6, 6.07) is 4.20. The molecule has 0 aliphatic heterocycles. The van der Waals surface area contributed by atoms with Crippen molar-refractivity contribution in [1.29, 1.82) is 0 Å². The summed E-state index contributed by atoms with van der Waals surface area (Å²) in [5.74, 6) is -0.804. The lowest BCUT2D eigenvalue weighted by atomic mass is 9.85. The first kappa shape index (κ1) is 15.5. The molecule has 110 valence electrons. The molecule has 1 aliphatic rings. The zero-order valence-electron chi connectivity index (χ0n) is 11.8. The molecule has 4 heteroatoms. The fourth-order valence-corrected chi connectivity index (χ4v) is 3.09. The number of ketones is 1. The van der Waals surface area contributed by atoms with Crippen LogP contribution in [0.1, 0.15) is 55.8 Å². The maximum atomic E-state index is 14.0. The normalized spacial score (nSPS) is 18.6. The highest BCUT2D eigenvalue weighted by atomic mass is 35.5. The zero-order valence-corrected chi connectivity index (χ0v) is 12.5. The molecule has 0 bridgehead atoms. The molecule has 0 heterocycles. The monoisotopic (exact) mass is 298 g/mol. The van der Waals surface area contributed by atoms with Crippen LogP contribution in [-0.2, 0) is 4.74 Å². The lowest BCUT2D eigenvalue weighted by Crippen LogP contribution is -2.41. The summed E-state index contributed by atoms with van der Waals surface area (Å²) in [7, 11) is 0. The van der Waals surface area contributed by atoms with E-state index in [1.165, 1.54) is 12.1 Å². The van der Waals surface area contributed by atoms with Gasteiger partial charge < -0.3 is 4.74 Å². The van der Waals surface area contributed by atoms with E-state index in [-0.39, 0.29) is 11.3 Å². The number of halogens is 2. The number of carbonyl (C=O) groups excluding carboxylic acids is 1. The van der Waals surface area contributed by atoms with Crippen LogP contribution in [0.4, 0.5) is 4.39 Å². The molecule has 0 amide bonds. The zero-order chi connectivity index (χ0) is 14.6. The van der Waals surface area contributed by atoms with Crippen molar-refractivity contribution in [3.05, 3.63) is 34.6 Å². The van der Waals surface area contributed by atoms with Crippen LogP contribution < -0.4 is 0 Å². The van der Waals surface area contributed by atoms with Gasteiger partial charge in [0.1, 0.15) is 11.4 Å². The molecule has 0 unspecified atom stereocenters. The first-order valence-electron chi connectivity index (χ1n) is 7.23. The van der Waals surface area contributed by atoms with Gasteiger partial charge in [0.15, 0.2) is 5.78 Å². The summed E-state index contributed by atoms with van der Waals surface area (Å²) >= 11 is 5.75. The molecule has 20 heavy (non-hydrogen) atoms. The Bertz CT molecular complexity index is 479. The molecule has 0 radical (unpaired) electrons. The fourth-order valence-electron chi connectivity index (χ4n) is 2.93. The highest BCUT2D eigenvalue weighted by Crippen LogP contribution is 2.34. The van der Waals surface area contributed by atoms with Gasteiger partial charge in [-0.15, -0.1) is 0 Å². The number of benzene rings is 1. The topological polar surface area (TPSA) is 26.3 Å². The highest BCUT2D eigenvalue weighted by Gasteiger charge is 2.40. The van der Waals surface area contributed by atoms with E-state index in [2.05, 4.69) is 0 Å². The summed E-state index contributed by atoms with van der Waals surface area (Å²) in [4.78, 5) is 12.8. The molecule has 1 aromatic carbocycles. The van der Waals surface area contributed by atoms with Crippen LogP contribution >= 0.6 is 11.6 Å². The van der Waals surface area contributed by atoms with E-state index in [0.29, 0.717) is 24.5 Å². The third kappa shape index (κ3) is 3.21. The number of ether oxygens (including phenoxy) is 1. The minimum absolute atomic E-state index is 0.0877. The van der Waals surface area contributed by atoms with Crippen LogP contribution in [0.15, 0.2) is 18.2 Å². The quantitative estimate of drug-likeness (QED) is 0.590. The van der Waals surface area contributed by atoms with E-state index in [4.69, 9.17) is 16.3 Å². The van der Waals surface area contributed by atoms with E-state index >= 15 is 0 Å². The van der Waals surface area contributed by atoms with Gasteiger partial charge in [-0.1, -0.05) is 37.3 Å². The Kier molecular flexibility index (Phi) is 5.17. The largest absolute Gasteiger partial charge is 0.367 e. The predicted octanol–water partition coefficient (Wildman–Crippen LogP) is 4.79. The van der Waals surface area contributed by atoms with Gasteiger partial charge in [0.25, 0.3) is 0 Å². The van der Waals surface area contributed by atoms with Crippen molar-refractivity contribution >= 4 is 17.4 Å². The Labute approximate surface area is 124 Å². The fraction of sp³-hybridized carbons (Fsp3) is 0.562. The standard InChI is InChI=1S/C16H20ClFO2/c1-2-20-16(9-5-3-4-6-10-16)15(19)13-8-7-12(17)11-14(13)18/h7-8,11H,2-6,9-10H2,1H3. The molecule has 0 atom stereocenters. The number of hydrogen-bond donors (Lipinski definition) is 0. The summed E-state index contributed by atoms with van der Waals surface area (Å²) < 4.78 is 19.8. The second kappa shape index (κ2) is 6.68. The van der Waals surface area contributed by atoms with Gasteiger partial charge in [0, 0.05) is 11.6 Å². The van der Waals surface area contributed by atoms with E-state index in [1.54, 1.807) is 6.07 Å². The van der Waals surface area contributed by atoms with E-state index in [1.807, 2.05) is 6.92 Å². The summed E-state index contributed by atoms with van der Waals surface area (Å²) in [6.45, 7) is 2.33. The van der Waals surface area contributed by atoms with Gasteiger partial charge >= 0.3 is 0 Å². The van der Waals surface area contributed by atoms with Crippen molar-refractivity contribution in [2.45, 2.75) is 51.0 Å². The minimum Gasteiger partial charge on any atom is -0.367 e. The molecular weight excluding hydrogens is 279 g/mol. The van der Waals surface area contributed by atoms with E-state index in [9.17, 15) is 9.18 Å². The maximum absolute atomic E-state index is 14.0. The molecule has 0 N–H and O–H groups in total. The molecule has 1 aromatic rings. The average Bonchev–Trinajstić information content (AvgIpc) is 2.65. The Morgan fingerprint density at radius 2 is 1.95 bits per heavy atom. The smallest absolute Gasteiger partial charge is 0.197 e. The van der Waals surface area contributed by atoms with Crippen molar-refractivity contribution in [1.82, 2.24) is 0 Å². The van der Waals surface area contributed by atoms with Crippen LogP contribution in [0.5, 0.6) is 0 Å². The molecular formula is C16H20ClFO2. The van der Waals surface area contributed by atoms with E-state index < -0.39 is 11.4 Å². The van der Waals surface area contributed by atoms with Crippen molar-refractivity contribution in [3.8, 4) is 0 Å². The Hall–Kier alpha value is -0.930. The molecule has 0 spiro atoms. The summed E-state index contributed by atoms with van der Waals surface area (Å²) in [6.07, 6.45) is 5.43. The van der Waals surface area contributed by atoms with Crippen molar-refractivity contribution in [2.24, 2.45) is 0 Å². The van der Waals surface area contributed by atoms with Gasteiger partial charge in [-0.25, -0.2) is 4.39 Å². The van der Waals surface area contributed by atoms with Crippen LogP contribution in [0.2, 0.25) is 5.02 Å². The van der Waals surface area contributed by atoms with E-state index in [0.717, 1.165) is 25.7 Å². The van der Waals surface area contributed by atoms with Gasteiger partial charge in [0.2, 0.25) is 0 Å². The first-order valence-corrected chi connectivity index (χ1v) is 7.61. The van der Waals surface area contributed by atoms with Gasteiger partial charge in [-0.2, -0.15) is 0 Å². The SMILES string of the molecule is CCOC1(C(=O)c2ccc(Cl)cc2F)CCCCCC1. The van der Waals surface area contributed by atoms with Crippen LogP contribution in [0, 0.1) is 5.82 Å². The third-order valence-corrected chi connectivity index (χ3v) is 4.16. The second-order valence-electron chi connectivity index (χ2n) is 5.29. The number of hydrogen-bond acceptors (Lipinski definition) is 2. The number of carbonyl (C=O) groups is 1. The predicted molar refractivity (Wildman–Crippen MR) is 77.8 cm³/mol. The first-order chi connectivity index (χ1) is 9.59. The number of Topliss-reactive ketones (excluding diaryl/α,β-unsaturated/α-hetero) is 1. The third-order valence-electron chi connectivity index (χ3n) is 3.92. The maximum Gasteiger partial charge on any atom is 0.197 e. The highest BCUT2D eigenvalue weighted by molar-refractivity contribution is 6.30. The van der Waals surface area contributed by atoms with Crippen LogP contribution in [0.25, 0.3) is 0 Å². The van der Waals surface area contributed by atoms with Gasteiger partial charge in [-0.05, 0) is 38.0 Å². The molecule has 2 nitrogen and oxygen atoms in total. The van der Waals surface area contributed by atoms with Crippen molar-refractivity contribution in [3.63, 3.8) is 0 Å². The average molecular weight is 299 g/mol. The molecule has 1 aliphatic carbocycles. The van der Waals surface area contributed by atoms with Crippen molar-refractivity contribution < 1.29 is 13.9 Å². The second-order valence-corrected chi connectivity index (χ2v) is 5.73. The Morgan fingerprint density at radius 1 is 1.30 bits per heavy atom. The molecule has 0 saturated heterocycles. The molecule has 0 aromatic heterocycles. The molecule has 1 saturated carbocycles. The van der Waals surface area contributed by atoms with Gasteiger partial charge in [-0.3, -0.25) is 4.79 Å². The Morgan fingerprint density at radius 3 is 2.50 bits per heavy atom. The summed E-state index contributed by atoms with van der Waals surface area (Å²) in [5, 5.41) is 0.297. The van der Waals surface area contributed by atoms with Gasteiger partial charge in [0.05, 0.1) is 5.56 Å². The van der Waals surface area contributed by atoms with Crippen molar-refractivity contribution in [2.75, 3.05) is 6.61 Å². The lowest BCUT2D eigenvalue weighted by molar-refractivity contribution is -0.0295. The van der Waals surface area contributed by atoms with Crippen LogP contribution in [0.3, 0.4) is 0 Å². The molecule has 2 rings (SSSR count). The Balaban J connectivity index is 2.34. The lowest BCUT2D eigenvalue weighted by Gasteiger charge is -2.31.